The Kier molecular flexibility index (Phi) is 8.98. The summed E-state index contributed by atoms with van der Waals surface area (Å²) in [6.07, 6.45) is 1.88. The third-order valence-corrected chi connectivity index (χ3v) is 6.27. The monoisotopic (exact) mass is 534 g/mol. The number of halogens is 2. The average Bonchev–Trinajstić information content (AvgIpc) is 3.08. The third kappa shape index (κ3) is 5.58. The number of nitrogens with zero attached hydrogens (tertiary/aromatic N) is 3. The first kappa shape index (κ1) is 23.4. The highest BCUT2D eigenvalue weighted by atomic mass is 127. The lowest BCUT2D eigenvalue weighted by atomic mass is 9.74. The summed E-state index contributed by atoms with van der Waals surface area (Å²) >= 11 is 8.23. The first-order chi connectivity index (χ1) is 13.0. The maximum absolute atomic E-state index is 6.55. The molecule has 0 atom stereocenters. The minimum atomic E-state index is -0.0510. The maximum Gasteiger partial charge on any atom is 0.193 e. The van der Waals surface area contributed by atoms with Gasteiger partial charge in [0.2, 0.25) is 0 Å². The molecule has 2 heterocycles. The summed E-state index contributed by atoms with van der Waals surface area (Å²) in [5, 5.41) is 7.58. The number of aromatic nitrogens is 1. The van der Waals surface area contributed by atoms with Gasteiger partial charge in [-0.05, 0) is 31.4 Å². The van der Waals surface area contributed by atoms with Crippen LogP contribution in [0.4, 0.5) is 0 Å². The molecule has 1 aliphatic heterocycles. The van der Waals surface area contributed by atoms with E-state index >= 15 is 0 Å². The van der Waals surface area contributed by atoms with Crippen LogP contribution in [0.3, 0.4) is 0 Å². The molecule has 1 N–H and O–H groups in total. The summed E-state index contributed by atoms with van der Waals surface area (Å²) in [5.74, 6) is 0.860. The van der Waals surface area contributed by atoms with E-state index in [0.717, 1.165) is 60.8 Å². The highest BCUT2D eigenvalue weighted by molar-refractivity contribution is 14.0. The Bertz CT molecular complexity index is 792. The minimum absolute atomic E-state index is 0. The molecule has 0 unspecified atom stereocenters. The second-order valence-corrected chi connectivity index (χ2v) is 8.46. The van der Waals surface area contributed by atoms with Crippen LogP contribution in [0.2, 0.25) is 5.02 Å². The van der Waals surface area contributed by atoms with Gasteiger partial charge in [0.15, 0.2) is 5.96 Å². The van der Waals surface area contributed by atoms with Gasteiger partial charge in [0.1, 0.15) is 0 Å². The lowest BCUT2D eigenvalue weighted by Crippen LogP contribution is -2.48. The Balaban J connectivity index is 0.00000280. The van der Waals surface area contributed by atoms with E-state index in [4.69, 9.17) is 16.3 Å². The normalized spacial score (nSPS) is 16.4. The second-order valence-electron chi connectivity index (χ2n) is 6.99. The zero-order chi connectivity index (χ0) is 19.3. The summed E-state index contributed by atoms with van der Waals surface area (Å²) < 4.78 is 5.63. The molecule has 5 nitrogen and oxygen atoms in total. The van der Waals surface area contributed by atoms with Crippen LogP contribution in [0.25, 0.3) is 0 Å². The molecule has 1 aromatic carbocycles. The van der Waals surface area contributed by atoms with Crippen LogP contribution in [0.5, 0.6) is 0 Å². The van der Waals surface area contributed by atoms with Crippen LogP contribution in [-0.2, 0) is 16.7 Å². The second kappa shape index (κ2) is 10.8. The highest BCUT2D eigenvalue weighted by Gasteiger charge is 2.36. The molecule has 1 aromatic heterocycles. The maximum atomic E-state index is 6.55. The Hall–Kier alpha value is -0.900. The molecule has 0 spiro atoms. The Labute approximate surface area is 193 Å². The number of thiazole rings is 1. The molecule has 0 saturated carbocycles. The van der Waals surface area contributed by atoms with Crippen molar-refractivity contribution in [1.29, 1.82) is 0 Å². The van der Waals surface area contributed by atoms with E-state index in [1.165, 1.54) is 5.56 Å². The Morgan fingerprint density at radius 2 is 2.07 bits per heavy atom. The molecule has 154 valence electrons. The molecule has 1 fully saturated rings. The number of rotatable bonds is 5. The van der Waals surface area contributed by atoms with Gasteiger partial charge in [-0.2, -0.15) is 0 Å². The van der Waals surface area contributed by atoms with Crippen molar-refractivity contribution in [3.8, 4) is 0 Å². The predicted molar refractivity (Wildman–Crippen MR) is 128 cm³/mol. The van der Waals surface area contributed by atoms with Gasteiger partial charge in [-0.1, -0.05) is 29.8 Å². The van der Waals surface area contributed by atoms with Gasteiger partial charge < -0.3 is 15.0 Å². The third-order valence-electron chi connectivity index (χ3n) is 5.12. The summed E-state index contributed by atoms with van der Waals surface area (Å²) in [7, 11) is 3.85. The highest BCUT2D eigenvalue weighted by Crippen LogP contribution is 2.38. The predicted octanol–water partition coefficient (Wildman–Crippen LogP) is 4.48. The van der Waals surface area contributed by atoms with Crippen LogP contribution in [0.1, 0.15) is 29.1 Å². The molecule has 0 bridgehead atoms. The molecule has 1 aliphatic rings. The fraction of sp³-hybridized carbons (Fsp3) is 0.500. The van der Waals surface area contributed by atoms with Crippen molar-refractivity contribution < 1.29 is 4.74 Å². The Morgan fingerprint density at radius 3 is 2.68 bits per heavy atom. The van der Waals surface area contributed by atoms with Gasteiger partial charge >= 0.3 is 0 Å². The van der Waals surface area contributed by atoms with Crippen molar-refractivity contribution in [3.05, 3.63) is 50.9 Å². The fourth-order valence-electron chi connectivity index (χ4n) is 3.63. The summed E-state index contributed by atoms with van der Waals surface area (Å²) in [6, 6.07) is 8.15. The van der Waals surface area contributed by atoms with Crippen LogP contribution < -0.4 is 5.32 Å². The summed E-state index contributed by atoms with van der Waals surface area (Å²) in [6.45, 7) is 5.03. The van der Waals surface area contributed by atoms with Crippen LogP contribution in [-0.4, -0.2) is 49.7 Å². The van der Waals surface area contributed by atoms with E-state index in [9.17, 15) is 0 Å². The van der Waals surface area contributed by atoms with Crippen molar-refractivity contribution in [2.45, 2.75) is 31.7 Å². The smallest absolute Gasteiger partial charge is 0.193 e. The van der Waals surface area contributed by atoms with Crippen LogP contribution in [0, 0.1) is 6.92 Å². The standard InChI is InChI=1S/C20H27ClN4OS.HI/c1-15-24-16(13-27-15)12-25(3)19(22-2)23-14-20(8-10-26-11-9-20)17-6-4-5-7-18(17)21;/h4-7,13H,8-12,14H2,1-3H3,(H,22,23);1H. The molecule has 3 rings (SSSR count). The van der Waals surface area contributed by atoms with Crippen molar-refractivity contribution in [2.75, 3.05) is 33.9 Å². The molecule has 0 aliphatic carbocycles. The van der Waals surface area contributed by atoms with E-state index in [-0.39, 0.29) is 29.4 Å². The van der Waals surface area contributed by atoms with Crippen molar-refractivity contribution in [2.24, 2.45) is 4.99 Å². The SMILES string of the molecule is CN=C(NCC1(c2ccccc2Cl)CCOCC1)N(C)Cc1csc(C)n1.I. The summed E-state index contributed by atoms with van der Waals surface area (Å²) in [5.41, 5.74) is 2.20. The zero-order valence-electron chi connectivity index (χ0n) is 16.6. The Morgan fingerprint density at radius 1 is 1.36 bits per heavy atom. The summed E-state index contributed by atoms with van der Waals surface area (Å²) in [4.78, 5) is 11.1. The van der Waals surface area contributed by atoms with Gasteiger partial charge in [-0.3, -0.25) is 4.99 Å². The van der Waals surface area contributed by atoms with E-state index in [0.29, 0.717) is 0 Å². The minimum Gasteiger partial charge on any atom is -0.381 e. The fourth-order valence-corrected chi connectivity index (χ4v) is 4.57. The van der Waals surface area contributed by atoms with Crippen molar-refractivity contribution in [1.82, 2.24) is 15.2 Å². The van der Waals surface area contributed by atoms with E-state index in [1.54, 1.807) is 11.3 Å². The molecule has 1 saturated heterocycles. The number of ether oxygens (including phenoxy) is 1. The lowest BCUT2D eigenvalue weighted by molar-refractivity contribution is 0.0512. The number of guanidine groups is 1. The van der Waals surface area contributed by atoms with Gasteiger partial charge in [0.25, 0.3) is 0 Å². The molecule has 8 heteroatoms. The quantitative estimate of drug-likeness (QED) is 0.349. The zero-order valence-corrected chi connectivity index (χ0v) is 20.5. The number of aliphatic imine (C=N–C) groups is 1. The van der Waals surface area contributed by atoms with E-state index < -0.39 is 0 Å². The van der Waals surface area contributed by atoms with Crippen LogP contribution >= 0.6 is 46.9 Å². The van der Waals surface area contributed by atoms with E-state index in [1.807, 2.05) is 33.2 Å². The van der Waals surface area contributed by atoms with Gasteiger partial charge in [0, 0.05) is 49.7 Å². The number of nitrogens with one attached hydrogen (secondary N) is 1. The number of benzene rings is 1. The van der Waals surface area contributed by atoms with Crippen molar-refractivity contribution in [3.63, 3.8) is 0 Å². The van der Waals surface area contributed by atoms with Gasteiger partial charge in [-0.15, -0.1) is 35.3 Å². The van der Waals surface area contributed by atoms with Crippen molar-refractivity contribution >= 4 is 52.9 Å². The van der Waals surface area contributed by atoms with E-state index in [2.05, 4.69) is 37.7 Å². The average molecular weight is 535 g/mol. The largest absolute Gasteiger partial charge is 0.381 e. The van der Waals surface area contributed by atoms with Gasteiger partial charge in [-0.25, -0.2) is 4.98 Å². The van der Waals surface area contributed by atoms with Crippen LogP contribution in [0.15, 0.2) is 34.6 Å². The number of hydrogen-bond donors (Lipinski definition) is 1. The molecule has 0 amide bonds. The topological polar surface area (TPSA) is 49.8 Å². The molecule has 2 aromatic rings. The number of hydrogen-bond acceptors (Lipinski definition) is 4. The number of aryl methyl sites for hydroxylation is 1. The molecular weight excluding hydrogens is 507 g/mol. The van der Waals surface area contributed by atoms with Gasteiger partial charge in [0.05, 0.1) is 17.2 Å². The first-order valence-corrected chi connectivity index (χ1v) is 10.5. The molecular formula is C20H28ClIN4OS. The molecule has 28 heavy (non-hydrogen) atoms. The first-order valence-electron chi connectivity index (χ1n) is 9.20. The lowest BCUT2D eigenvalue weighted by Gasteiger charge is -2.39. The molecule has 0 radical (unpaired) electrons.